The second-order valence-corrected chi connectivity index (χ2v) is 36.3. The summed E-state index contributed by atoms with van der Waals surface area (Å²) in [6.45, 7) is 7.95. The number of hydrogen-bond donors (Lipinski definition) is 10. The van der Waals surface area contributed by atoms with Gasteiger partial charge in [-0.25, -0.2) is 4.57 Å². The SMILES string of the molecule is CCCCCCCC/C=C\CCCCCC(=O)OC1C(O)C(O)C(OC2OC(CO)C(O)C(O)C2O)C(OP(=O)(O)OCC(COC(=O)CCCCCCCCC(C)CCCCCCCC)OC(=O)CCCCCCCCCCCCCCCCC)C1OC1OC(COC(=O)CCCCCCCCCCCCCCCCCC)C(O)C(O)C1O. The molecule has 0 bridgehead atoms. The van der Waals surface area contributed by atoms with E-state index in [4.69, 9.17) is 46.9 Å². The molecule has 3 rings (SSSR count). The molecule has 3 aliphatic rings. The number of carbonyl (C=O) groups is 4. The number of allylic oxidation sites excluding steroid dienone is 2. The zero-order chi connectivity index (χ0) is 86.9. The van der Waals surface area contributed by atoms with Crippen molar-refractivity contribution in [3.8, 4) is 0 Å². The van der Waals surface area contributed by atoms with Gasteiger partial charge in [0.25, 0.3) is 0 Å². The molecule has 0 aromatic carbocycles. The van der Waals surface area contributed by atoms with Gasteiger partial charge in [-0.1, -0.05) is 355 Å². The Hall–Kier alpha value is -2.79. The summed E-state index contributed by atoms with van der Waals surface area (Å²) >= 11 is 0. The lowest BCUT2D eigenvalue weighted by Gasteiger charge is -2.50. The normalized spacial score (nSPS) is 25.1. The second-order valence-electron chi connectivity index (χ2n) is 34.9. The van der Waals surface area contributed by atoms with E-state index >= 15 is 0 Å². The summed E-state index contributed by atoms with van der Waals surface area (Å²) in [4.78, 5) is 66.6. The first-order valence-electron chi connectivity index (χ1n) is 48.3. The van der Waals surface area contributed by atoms with Crippen LogP contribution in [0.3, 0.4) is 0 Å². The first-order chi connectivity index (χ1) is 57.6. The highest BCUT2D eigenvalue weighted by atomic mass is 31.2. The Bertz CT molecular complexity index is 2530. The number of aliphatic hydroxyl groups excluding tert-OH is 9. The predicted molar refractivity (Wildman–Crippen MR) is 463 cm³/mol. The van der Waals surface area contributed by atoms with Crippen molar-refractivity contribution in [3.63, 3.8) is 0 Å². The molecule has 2 saturated heterocycles. The van der Waals surface area contributed by atoms with Crippen LogP contribution in [0.25, 0.3) is 0 Å². The van der Waals surface area contributed by atoms with Crippen LogP contribution in [-0.4, -0.2) is 205 Å². The molecule has 0 aromatic heterocycles. The van der Waals surface area contributed by atoms with E-state index in [9.17, 15) is 74.6 Å². The van der Waals surface area contributed by atoms with Crippen molar-refractivity contribution < 1.29 is 122 Å². The summed E-state index contributed by atoms with van der Waals surface area (Å²) in [6, 6.07) is 0. The fraction of sp³-hybridized carbons (Fsp3) is 0.935. The number of phosphoric acid groups is 1. The molecule has 10 N–H and O–H groups in total. The first-order valence-corrected chi connectivity index (χ1v) is 49.8. The average molecular weight is 1720 g/mol. The van der Waals surface area contributed by atoms with Crippen molar-refractivity contribution in [1.82, 2.24) is 0 Å². The van der Waals surface area contributed by atoms with E-state index in [1.165, 1.54) is 199 Å². The number of aliphatic hydroxyl groups is 9. The highest BCUT2D eigenvalue weighted by molar-refractivity contribution is 7.47. The van der Waals surface area contributed by atoms with Crippen molar-refractivity contribution in [2.24, 2.45) is 5.92 Å². The summed E-state index contributed by atoms with van der Waals surface area (Å²) in [6.07, 6.45) is 29.2. The predicted octanol–water partition coefficient (Wildman–Crippen LogP) is 18.2. The topological polar surface area (TPSA) is 380 Å². The van der Waals surface area contributed by atoms with Gasteiger partial charge >= 0.3 is 31.7 Å². The third kappa shape index (κ3) is 51.6. The Balaban J connectivity index is 1.91. The Labute approximate surface area is 718 Å². The van der Waals surface area contributed by atoms with Crippen molar-refractivity contribution >= 4 is 31.7 Å². The number of ether oxygens (including phenoxy) is 8. The first kappa shape index (κ1) is 110. The van der Waals surface area contributed by atoms with Gasteiger partial charge in [0.15, 0.2) is 24.8 Å². The molecule has 19 atom stereocenters. The maximum Gasteiger partial charge on any atom is 0.472 e. The van der Waals surface area contributed by atoms with Gasteiger partial charge < -0.3 is 88.7 Å². The lowest BCUT2D eigenvalue weighted by Crippen LogP contribution is -2.70. The Morgan fingerprint density at radius 1 is 0.353 bits per heavy atom. The van der Waals surface area contributed by atoms with Crippen molar-refractivity contribution in [1.29, 1.82) is 0 Å². The van der Waals surface area contributed by atoms with Crippen LogP contribution in [-0.2, 0) is 70.7 Å². The van der Waals surface area contributed by atoms with Crippen LogP contribution >= 0.6 is 7.82 Å². The fourth-order valence-electron chi connectivity index (χ4n) is 16.1. The van der Waals surface area contributed by atoms with Crippen LogP contribution in [0.2, 0.25) is 0 Å². The van der Waals surface area contributed by atoms with E-state index in [0.29, 0.717) is 38.0 Å². The third-order valence-electron chi connectivity index (χ3n) is 23.9. The molecule has 2 aliphatic heterocycles. The van der Waals surface area contributed by atoms with Gasteiger partial charge in [0.05, 0.1) is 13.2 Å². The van der Waals surface area contributed by atoms with Crippen LogP contribution in [0.1, 0.15) is 420 Å². The molecular formula is C93H173O25P. The molecule has 1 saturated carbocycles. The van der Waals surface area contributed by atoms with Crippen molar-refractivity contribution in [3.05, 3.63) is 12.2 Å². The molecule has 0 radical (unpaired) electrons. The molecule has 25 nitrogen and oxygen atoms in total. The lowest BCUT2D eigenvalue weighted by molar-refractivity contribution is -0.360. The molecule has 0 aromatic rings. The number of esters is 4. The molecule has 0 amide bonds. The highest BCUT2D eigenvalue weighted by Gasteiger charge is 2.60. The largest absolute Gasteiger partial charge is 0.472 e. The minimum Gasteiger partial charge on any atom is -0.463 e. The zero-order valence-corrected chi connectivity index (χ0v) is 75.7. The molecule has 119 heavy (non-hydrogen) atoms. The van der Waals surface area contributed by atoms with E-state index in [1.54, 1.807) is 0 Å². The minimum atomic E-state index is -5.81. The fourth-order valence-corrected chi connectivity index (χ4v) is 17.1. The summed E-state index contributed by atoms with van der Waals surface area (Å²) in [5, 5.41) is 102. The molecule has 1 aliphatic carbocycles. The van der Waals surface area contributed by atoms with E-state index in [1.807, 2.05) is 0 Å². The molecular weight excluding hydrogens is 1550 g/mol. The highest BCUT2D eigenvalue weighted by Crippen LogP contribution is 2.49. The minimum absolute atomic E-state index is 0.0171. The Morgan fingerprint density at radius 3 is 1.09 bits per heavy atom. The summed E-state index contributed by atoms with van der Waals surface area (Å²) in [7, 11) is -5.81. The molecule has 3 fully saturated rings. The third-order valence-corrected chi connectivity index (χ3v) is 24.9. The van der Waals surface area contributed by atoms with Gasteiger partial charge in [-0.2, -0.15) is 0 Å². The van der Waals surface area contributed by atoms with Crippen molar-refractivity contribution in [2.75, 3.05) is 26.4 Å². The molecule has 26 heteroatoms. The van der Waals surface area contributed by atoms with E-state index in [0.717, 1.165) is 122 Å². The van der Waals surface area contributed by atoms with E-state index < -0.39 is 162 Å². The van der Waals surface area contributed by atoms with Gasteiger partial charge in [-0.15, -0.1) is 0 Å². The monoisotopic (exact) mass is 1720 g/mol. The Morgan fingerprint density at radius 2 is 0.681 bits per heavy atom. The van der Waals surface area contributed by atoms with Gasteiger partial charge in [-0.05, 0) is 57.3 Å². The Kier molecular flexibility index (Phi) is 66.1. The second kappa shape index (κ2) is 71.3. The zero-order valence-electron chi connectivity index (χ0n) is 74.8. The summed E-state index contributed by atoms with van der Waals surface area (Å²) < 4.78 is 73.5. The summed E-state index contributed by atoms with van der Waals surface area (Å²) in [5.41, 5.74) is 0. The van der Waals surface area contributed by atoms with Gasteiger partial charge in [0, 0.05) is 25.7 Å². The van der Waals surface area contributed by atoms with E-state index in [-0.39, 0.29) is 32.1 Å². The van der Waals surface area contributed by atoms with Crippen LogP contribution < -0.4 is 0 Å². The smallest absolute Gasteiger partial charge is 0.463 e. The summed E-state index contributed by atoms with van der Waals surface area (Å²) in [5.74, 6) is -2.28. The maximum atomic E-state index is 14.9. The van der Waals surface area contributed by atoms with Crippen LogP contribution in [0.15, 0.2) is 12.2 Å². The van der Waals surface area contributed by atoms with Gasteiger partial charge in [0.2, 0.25) is 0 Å². The quantitative estimate of drug-likeness (QED) is 0.00889. The molecule has 0 spiro atoms. The number of hydrogen-bond acceptors (Lipinski definition) is 24. The van der Waals surface area contributed by atoms with Crippen molar-refractivity contribution in [2.45, 2.75) is 524 Å². The molecule has 19 unspecified atom stereocenters. The van der Waals surface area contributed by atoms with Gasteiger partial charge in [-0.3, -0.25) is 28.2 Å². The number of rotatable bonds is 78. The maximum absolute atomic E-state index is 14.9. The van der Waals surface area contributed by atoms with Crippen LogP contribution in [0.5, 0.6) is 0 Å². The molecule has 2 heterocycles. The lowest BCUT2D eigenvalue weighted by atomic mass is 9.84. The molecule has 700 valence electrons. The number of carbonyl (C=O) groups excluding carboxylic acids is 4. The number of unbranched alkanes of at least 4 members (excludes halogenated alkanes) is 48. The van der Waals surface area contributed by atoms with Gasteiger partial charge in [0.1, 0.15) is 92.6 Å². The standard InChI is InChI=1S/C93H173O25P/c1-6-10-14-18-22-25-28-31-33-35-37-39-42-45-52-59-65-77(96)110-71-75-81(100)83(102)87(106)93(114-75)117-90-88(115-79(98)67-61-55-47-44-40-36-30-27-24-20-16-12-8-3)84(103)85(104)89(116-92-86(105)82(101)80(99)74(68-94)113-92)91(90)118-119(107,108)111-70-73(112-78(97)66-60-54-46-43-41-38-34-32-29-26-23-19-15-11-7-2)69-109-76(95)64-58-53-49-48-51-57-63-72(5)62-56-50-21-17-13-9-4/h36,40,72-75,80-94,99-106H,6-35,37-39,41-71H2,1-5H3,(H,107,108)/b40-36-. The number of phosphoric ester groups is 1. The van der Waals surface area contributed by atoms with Crippen LogP contribution in [0, 0.1) is 5.92 Å². The average Bonchev–Trinajstić information content (AvgIpc) is 0.754. The van der Waals surface area contributed by atoms with E-state index in [2.05, 4.69) is 46.8 Å². The van der Waals surface area contributed by atoms with Crippen LogP contribution in [0.4, 0.5) is 0 Å².